The van der Waals surface area contributed by atoms with Crippen LogP contribution in [0.1, 0.15) is 31.4 Å². The minimum absolute atomic E-state index is 0.0816. The lowest BCUT2D eigenvalue weighted by Gasteiger charge is -2.37. The van der Waals surface area contributed by atoms with Crippen LogP contribution >= 0.6 is 0 Å². The van der Waals surface area contributed by atoms with Crippen LogP contribution in [0.15, 0.2) is 24.3 Å². The van der Waals surface area contributed by atoms with Crippen molar-refractivity contribution in [3.8, 4) is 0 Å². The molecular formula is C16H21NO3. The van der Waals surface area contributed by atoms with Gasteiger partial charge in [-0.25, -0.2) is 4.79 Å². The molecule has 1 amide bonds. The zero-order valence-electron chi connectivity index (χ0n) is 12.2. The van der Waals surface area contributed by atoms with Gasteiger partial charge in [-0.15, -0.1) is 0 Å². The Labute approximate surface area is 119 Å². The molecule has 1 aliphatic carbocycles. The van der Waals surface area contributed by atoms with Crippen LogP contribution in [0.3, 0.4) is 0 Å². The number of rotatable bonds is 3. The summed E-state index contributed by atoms with van der Waals surface area (Å²) in [6.45, 7) is 3.48. The Kier molecular flexibility index (Phi) is 3.84. The van der Waals surface area contributed by atoms with Gasteiger partial charge < -0.3 is 10.0 Å². The lowest BCUT2D eigenvalue weighted by atomic mass is 9.72. The molecule has 1 aliphatic rings. The summed E-state index contributed by atoms with van der Waals surface area (Å²) < 4.78 is 0. The van der Waals surface area contributed by atoms with E-state index >= 15 is 0 Å². The molecule has 0 heterocycles. The highest BCUT2D eigenvalue weighted by Gasteiger charge is 2.40. The fraction of sp³-hybridized carbons (Fsp3) is 0.500. The highest BCUT2D eigenvalue weighted by Crippen LogP contribution is 2.36. The summed E-state index contributed by atoms with van der Waals surface area (Å²) >= 11 is 0. The first-order chi connectivity index (χ1) is 9.35. The minimum atomic E-state index is -0.972. The lowest BCUT2D eigenvalue weighted by Crippen LogP contribution is -2.49. The molecule has 2 atom stereocenters. The standard InChI is InChI=1S/C16H21NO3/c1-11(14(18)19)17(3)15(20)16(2)9-8-12-6-4-5-7-13(12)10-16/h4-7,11H,8-10H2,1-3H3,(H,18,19). The number of likely N-dealkylation sites (N-methyl/N-ethyl adjacent to an activating group) is 1. The van der Waals surface area contributed by atoms with E-state index in [0.717, 1.165) is 12.8 Å². The third-order valence-corrected chi connectivity index (χ3v) is 4.42. The first-order valence-corrected chi connectivity index (χ1v) is 6.92. The van der Waals surface area contributed by atoms with Gasteiger partial charge in [0.1, 0.15) is 6.04 Å². The maximum absolute atomic E-state index is 12.6. The highest BCUT2D eigenvalue weighted by molar-refractivity contribution is 5.87. The van der Waals surface area contributed by atoms with Gasteiger partial charge >= 0.3 is 5.97 Å². The zero-order chi connectivity index (χ0) is 14.9. The Morgan fingerprint density at radius 3 is 2.50 bits per heavy atom. The van der Waals surface area contributed by atoms with Crippen molar-refractivity contribution < 1.29 is 14.7 Å². The molecule has 2 unspecified atom stereocenters. The van der Waals surface area contributed by atoms with Gasteiger partial charge in [-0.2, -0.15) is 0 Å². The van der Waals surface area contributed by atoms with Gasteiger partial charge in [0, 0.05) is 7.05 Å². The SMILES string of the molecule is CC(C(=O)O)N(C)C(=O)C1(C)CCc2ccccc2C1. The summed E-state index contributed by atoms with van der Waals surface area (Å²) in [5, 5.41) is 9.05. The number of benzene rings is 1. The normalized spacial score (nSPS) is 22.8. The van der Waals surface area contributed by atoms with Gasteiger partial charge in [0.25, 0.3) is 0 Å². The van der Waals surface area contributed by atoms with E-state index in [-0.39, 0.29) is 5.91 Å². The van der Waals surface area contributed by atoms with Crippen molar-refractivity contribution in [1.82, 2.24) is 4.90 Å². The number of nitrogens with zero attached hydrogens (tertiary/aromatic N) is 1. The molecule has 4 nitrogen and oxygen atoms in total. The second-order valence-electron chi connectivity index (χ2n) is 5.94. The number of carbonyl (C=O) groups is 2. The van der Waals surface area contributed by atoms with Crippen molar-refractivity contribution in [3.63, 3.8) is 0 Å². The first-order valence-electron chi connectivity index (χ1n) is 6.92. The molecule has 4 heteroatoms. The van der Waals surface area contributed by atoms with Crippen LogP contribution < -0.4 is 0 Å². The summed E-state index contributed by atoms with van der Waals surface area (Å²) in [4.78, 5) is 25.0. The molecule has 1 aromatic carbocycles. The van der Waals surface area contributed by atoms with Crippen LogP contribution in [-0.2, 0) is 22.4 Å². The van der Waals surface area contributed by atoms with E-state index in [1.54, 1.807) is 14.0 Å². The van der Waals surface area contributed by atoms with Crippen molar-refractivity contribution in [2.24, 2.45) is 5.41 Å². The Morgan fingerprint density at radius 1 is 1.30 bits per heavy atom. The molecule has 0 fully saturated rings. The molecule has 1 aromatic rings. The molecule has 20 heavy (non-hydrogen) atoms. The third kappa shape index (κ3) is 2.55. The van der Waals surface area contributed by atoms with Crippen LogP contribution in [-0.4, -0.2) is 35.0 Å². The topological polar surface area (TPSA) is 57.6 Å². The van der Waals surface area contributed by atoms with Crippen molar-refractivity contribution in [3.05, 3.63) is 35.4 Å². The molecule has 0 spiro atoms. The van der Waals surface area contributed by atoms with Crippen LogP contribution in [0.4, 0.5) is 0 Å². The molecule has 1 N–H and O–H groups in total. The lowest BCUT2D eigenvalue weighted by molar-refractivity contribution is -0.153. The molecule has 0 aliphatic heterocycles. The number of fused-ring (bicyclic) bond motifs is 1. The summed E-state index contributed by atoms with van der Waals surface area (Å²) in [7, 11) is 1.58. The molecule has 0 saturated carbocycles. The first kappa shape index (κ1) is 14.6. The summed E-state index contributed by atoms with van der Waals surface area (Å²) in [5.41, 5.74) is 1.99. The average Bonchev–Trinajstić information content (AvgIpc) is 2.44. The summed E-state index contributed by atoms with van der Waals surface area (Å²) in [5.74, 6) is -1.05. The van der Waals surface area contributed by atoms with E-state index in [1.807, 2.05) is 19.1 Å². The van der Waals surface area contributed by atoms with Crippen LogP contribution in [0.2, 0.25) is 0 Å². The Balaban J connectivity index is 2.21. The average molecular weight is 275 g/mol. The summed E-state index contributed by atoms with van der Waals surface area (Å²) in [6, 6.07) is 7.36. The fourth-order valence-electron chi connectivity index (χ4n) is 2.84. The number of carbonyl (C=O) groups excluding carboxylic acids is 1. The van der Waals surface area contributed by atoms with Crippen LogP contribution in [0.5, 0.6) is 0 Å². The van der Waals surface area contributed by atoms with E-state index in [2.05, 4.69) is 12.1 Å². The van der Waals surface area contributed by atoms with Gasteiger partial charge in [-0.1, -0.05) is 31.2 Å². The van der Waals surface area contributed by atoms with Crippen LogP contribution in [0, 0.1) is 5.41 Å². The quantitative estimate of drug-likeness (QED) is 0.919. The molecule has 0 radical (unpaired) electrons. The van der Waals surface area contributed by atoms with Crippen molar-refractivity contribution >= 4 is 11.9 Å². The number of aryl methyl sites for hydroxylation is 1. The Hall–Kier alpha value is -1.84. The maximum atomic E-state index is 12.6. The number of aliphatic carboxylic acids is 1. The predicted octanol–water partition coefficient (Wildman–Crippen LogP) is 2.11. The Morgan fingerprint density at radius 2 is 1.90 bits per heavy atom. The van der Waals surface area contributed by atoms with E-state index in [4.69, 9.17) is 5.11 Å². The molecular weight excluding hydrogens is 254 g/mol. The van der Waals surface area contributed by atoms with Gasteiger partial charge in [0.2, 0.25) is 5.91 Å². The number of hydrogen-bond donors (Lipinski definition) is 1. The van der Waals surface area contributed by atoms with E-state index in [1.165, 1.54) is 16.0 Å². The van der Waals surface area contributed by atoms with Crippen molar-refractivity contribution in [2.45, 2.75) is 39.2 Å². The second-order valence-corrected chi connectivity index (χ2v) is 5.94. The van der Waals surface area contributed by atoms with Crippen LogP contribution in [0.25, 0.3) is 0 Å². The van der Waals surface area contributed by atoms with Gasteiger partial charge in [0.15, 0.2) is 0 Å². The second kappa shape index (κ2) is 5.27. The van der Waals surface area contributed by atoms with E-state index < -0.39 is 17.4 Å². The molecule has 0 saturated heterocycles. The van der Waals surface area contributed by atoms with Gasteiger partial charge in [-0.3, -0.25) is 4.79 Å². The molecule has 108 valence electrons. The smallest absolute Gasteiger partial charge is 0.326 e. The zero-order valence-corrected chi connectivity index (χ0v) is 12.2. The Bertz CT molecular complexity index is 540. The largest absolute Gasteiger partial charge is 0.480 e. The number of carboxylic acid groups (broad SMARTS) is 1. The van der Waals surface area contributed by atoms with E-state index in [0.29, 0.717) is 6.42 Å². The van der Waals surface area contributed by atoms with Crippen molar-refractivity contribution in [1.29, 1.82) is 0 Å². The van der Waals surface area contributed by atoms with Gasteiger partial charge in [-0.05, 0) is 37.3 Å². The summed E-state index contributed by atoms with van der Waals surface area (Å²) in [6.07, 6.45) is 2.31. The van der Waals surface area contributed by atoms with E-state index in [9.17, 15) is 9.59 Å². The monoisotopic (exact) mass is 275 g/mol. The van der Waals surface area contributed by atoms with Crippen molar-refractivity contribution in [2.75, 3.05) is 7.05 Å². The third-order valence-electron chi connectivity index (χ3n) is 4.42. The van der Waals surface area contributed by atoms with Gasteiger partial charge in [0.05, 0.1) is 5.41 Å². The number of hydrogen-bond acceptors (Lipinski definition) is 2. The fourth-order valence-corrected chi connectivity index (χ4v) is 2.84. The molecule has 0 aromatic heterocycles. The molecule has 0 bridgehead atoms. The molecule has 2 rings (SSSR count). The maximum Gasteiger partial charge on any atom is 0.326 e. The predicted molar refractivity (Wildman–Crippen MR) is 76.4 cm³/mol. The highest BCUT2D eigenvalue weighted by atomic mass is 16.4. The number of amides is 1. The minimum Gasteiger partial charge on any atom is -0.480 e. The number of carboxylic acids is 1.